The lowest BCUT2D eigenvalue weighted by Gasteiger charge is -2.16. The lowest BCUT2D eigenvalue weighted by atomic mass is 9.84. The van der Waals surface area contributed by atoms with Crippen molar-refractivity contribution in [1.82, 2.24) is 0 Å². The lowest BCUT2D eigenvalue weighted by molar-refractivity contribution is -0.123. The summed E-state index contributed by atoms with van der Waals surface area (Å²) in [5.41, 5.74) is 0.742. The van der Waals surface area contributed by atoms with E-state index in [2.05, 4.69) is 6.07 Å². The number of hydrogen-bond donors (Lipinski definition) is 0. The van der Waals surface area contributed by atoms with Crippen LogP contribution in [0.1, 0.15) is 31.7 Å². The van der Waals surface area contributed by atoms with Gasteiger partial charge in [-0.25, -0.2) is 0 Å². The van der Waals surface area contributed by atoms with Gasteiger partial charge in [-0.1, -0.05) is 37.3 Å². The molecular formula is C14H15NO. The van der Waals surface area contributed by atoms with Gasteiger partial charge in [-0.3, -0.25) is 4.79 Å². The highest BCUT2D eigenvalue weighted by atomic mass is 16.1. The van der Waals surface area contributed by atoms with E-state index in [-0.39, 0.29) is 11.2 Å². The van der Waals surface area contributed by atoms with Crippen LogP contribution in [-0.2, 0) is 10.2 Å². The molecule has 1 aromatic rings. The van der Waals surface area contributed by atoms with Gasteiger partial charge >= 0.3 is 0 Å². The Morgan fingerprint density at radius 3 is 2.50 bits per heavy atom. The maximum absolute atomic E-state index is 12.3. The van der Waals surface area contributed by atoms with Gasteiger partial charge in [0.05, 0.1) is 11.5 Å². The Labute approximate surface area is 95.9 Å². The van der Waals surface area contributed by atoms with Crippen LogP contribution in [0, 0.1) is 17.2 Å². The standard InChI is InChI=1S/C14H15NO/c1-2-11(10-15)13(16)14(8-9-14)12-6-4-3-5-7-12/h3-7,11H,2,8-9H2,1H3. The molecule has 1 aromatic carbocycles. The Morgan fingerprint density at radius 2 is 2.06 bits per heavy atom. The Kier molecular flexibility index (Phi) is 2.78. The van der Waals surface area contributed by atoms with E-state index < -0.39 is 5.92 Å². The lowest BCUT2D eigenvalue weighted by Crippen LogP contribution is -2.27. The molecule has 0 radical (unpaired) electrons. The van der Waals surface area contributed by atoms with Crippen molar-refractivity contribution in [2.24, 2.45) is 5.92 Å². The summed E-state index contributed by atoms with van der Waals surface area (Å²) in [7, 11) is 0. The van der Waals surface area contributed by atoms with Crippen molar-refractivity contribution in [3.05, 3.63) is 35.9 Å². The predicted octanol–water partition coefficient (Wildman–Crippen LogP) is 2.84. The molecule has 0 amide bonds. The zero-order valence-electron chi connectivity index (χ0n) is 9.44. The van der Waals surface area contributed by atoms with Crippen molar-refractivity contribution in [2.75, 3.05) is 0 Å². The number of Topliss-reactive ketones (excluding diaryl/α,β-unsaturated/α-hetero) is 1. The van der Waals surface area contributed by atoms with Crippen molar-refractivity contribution in [1.29, 1.82) is 5.26 Å². The molecule has 1 aliphatic rings. The van der Waals surface area contributed by atoms with E-state index in [0.29, 0.717) is 6.42 Å². The minimum atomic E-state index is -0.442. The van der Waals surface area contributed by atoms with Crippen molar-refractivity contribution < 1.29 is 4.79 Å². The van der Waals surface area contributed by atoms with Gasteiger partial charge in [0.2, 0.25) is 0 Å². The van der Waals surface area contributed by atoms with Crippen LogP contribution in [0.25, 0.3) is 0 Å². The second kappa shape index (κ2) is 4.09. The third-order valence-electron chi connectivity index (χ3n) is 3.43. The molecule has 0 aromatic heterocycles. The average molecular weight is 213 g/mol. The van der Waals surface area contributed by atoms with Gasteiger partial charge in [-0.2, -0.15) is 5.26 Å². The number of carbonyl (C=O) groups is 1. The smallest absolute Gasteiger partial charge is 0.160 e. The summed E-state index contributed by atoms with van der Waals surface area (Å²) in [6.45, 7) is 1.90. The third kappa shape index (κ3) is 1.63. The summed E-state index contributed by atoms with van der Waals surface area (Å²) in [6, 6.07) is 12.0. The Bertz CT molecular complexity index is 426. The SMILES string of the molecule is CCC(C#N)C(=O)C1(c2ccccc2)CC1. The molecule has 1 unspecified atom stereocenters. The van der Waals surface area contributed by atoms with Crippen LogP contribution in [0.15, 0.2) is 30.3 Å². The molecule has 2 heteroatoms. The molecule has 16 heavy (non-hydrogen) atoms. The molecule has 2 nitrogen and oxygen atoms in total. The second-order valence-electron chi connectivity index (χ2n) is 4.40. The first-order chi connectivity index (χ1) is 7.74. The summed E-state index contributed by atoms with van der Waals surface area (Å²) in [5.74, 6) is -0.327. The van der Waals surface area contributed by atoms with Crippen LogP contribution in [0.4, 0.5) is 0 Å². The molecule has 82 valence electrons. The summed E-state index contributed by atoms with van der Waals surface area (Å²) in [4.78, 5) is 12.3. The van der Waals surface area contributed by atoms with Gasteiger partial charge in [0.1, 0.15) is 5.92 Å². The molecule has 0 heterocycles. The molecule has 0 aliphatic heterocycles. The first-order valence-electron chi connectivity index (χ1n) is 5.74. The van der Waals surface area contributed by atoms with E-state index in [1.54, 1.807) is 0 Å². The minimum absolute atomic E-state index is 0.115. The van der Waals surface area contributed by atoms with Crippen LogP contribution in [0.5, 0.6) is 0 Å². The maximum Gasteiger partial charge on any atom is 0.160 e. The van der Waals surface area contributed by atoms with Crippen molar-refractivity contribution in [3.8, 4) is 6.07 Å². The molecule has 0 N–H and O–H groups in total. The molecule has 0 saturated heterocycles. The van der Waals surface area contributed by atoms with E-state index >= 15 is 0 Å². The second-order valence-corrected chi connectivity index (χ2v) is 4.40. The molecule has 0 spiro atoms. The highest BCUT2D eigenvalue weighted by molar-refractivity contribution is 5.96. The van der Waals surface area contributed by atoms with Gasteiger partial charge in [-0.05, 0) is 24.8 Å². The van der Waals surface area contributed by atoms with Gasteiger partial charge in [0.15, 0.2) is 5.78 Å². The van der Waals surface area contributed by atoms with Gasteiger partial charge in [-0.15, -0.1) is 0 Å². The van der Waals surface area contributed by atoms with Crippen LogP contribution in [0.2, 0.25) is 0 Å². The van der Waals surface area contributed by atoms with E-state index in [0.717, 1.165) is 18.4 Å². The molecular weight excluding hydrogens is 198 g/mol. The monoisotopic (exact) mass is 213 g/mol. The molecule has 1 saturated carbocycles. The predicted molar refractivity (Wildman–Crippen MR) is 61.8 cm³/mol. The normalized spacial score (nSPS) is 18.5. The van der Waals surface area contributed by atoms with Crippen LogP contribution < -0.4 is 0 Å². The van der Waals surface area contributed by atoms with Crippen molar-refractivity contribution in [3.63, 3.8) is 0 Å². The number of rotatable bonds is 4. The van der Waals surface area contributed by atoms with Gasteiger partial charge < -0.3 is 0 Å². The maximum atomic E-state index is 12.3. The molecule has 1 atom stereocenters. The fourth-order valence-electron chi connectivity index (χ4n) is 2.23. The van der Waals surface area contributed by atoms with Gasteiger partial charge in [0.25, 0.3) is 0 Å². The Morgan fingerprint density at radius 1 is 1.44 bits per heavy atom. The van der Waals surface area contributed by atoms with Crippen molar-refractivity contribution in [2.45, 2.75) is 31.6 Å². The fourth-order valence-corrected chi connectivity index (χ4v) is 2.23. The third-order valence-corrected chi connectivity index (χ3v) is 3.43. The molecule has 1 fully saturated rings. The van der Waals surface area contributed by atoms with Crippen LogP contribution >= 0.6 is 0 Å². The van der Waals surface area contributed by atoms with E-state index in [9.17, 15) is 4.79 Å². The fraction of sp³-hybridized carbons (Fsp3) is 0.429. The largest absolute Gasteiger partial charge is 0.297 e. The number of benzene rings is 1. The number of ketones is 1. The number of nitrogens with zero attached hydrogens (tertiary/aromatic N) is 1. The first kappa shape index (κ1) is 10.9. The van der Waals surface area contributed by atoms with E-state index in [4.69, 9.17) is 5.26 Å². The summed E-state index contributed by atoms with van der Waals surface area (Å²) in [6.07, 6.45) is 2.41. The van der Waals surface area contributed by atoms with E-state index in [1.165, 1.54) is 0 Å². The highest BCUT2D eigenvalue weighted by Gasteiger charge is 2.52. The first-order valence-corrected chi connectivity index (χ1v) is 5.74. The zero-order chi connectivity index (χ0) is 11.6. The van der Waals surface area contributed by atoms with E-state index in [1.807, 2.05) is 37.3 Å². The minimum Gasteiger partial charge on any atom is -0.297 e. The quantitative estimate of drug-likeness (QED) is 0.771. The molecule has 0 bridgehead atoms. The highest BCUT2D eigenvalue weighted by Crippen LogP contribution is 2.50. The summed E-state index contributed by atoms with van der Waals surface area (Å²) >= 11 is 0. The summed E-state index contributed by atoms with van der Waals surface area (Å²) in [5, 5.41) is 8.96. The Hall–Kier alpha value is -1.62. The molecule has 2 rings (SSSR count). The number of hydrogen-bond acceptors (Lipinski definition) is 2. The van der Waals surface area contributed by atoms with Crippen LogP contribution in [-0.4, -0.2) is 5.78 Å². The number of nitriles is 1. The summed E-state index contributed by atoms with van der Waals surface area (Å²) < 4.78 is 0. The van der Waals surface area contributed by atoms with Crippen molar-refractivity contribution >= 4 is 5.78 Å². The van der Waals surface area contributed by atoms with Crippen LogP contribution in [0.3, 0.4) is 0 Å². The van der Waals surface area contributed by atoms with Gasteiger partial charge in [0, 0.05) is 0 Å². The Balaban J connectivity index is 2.28. The topological polar surface area (TPSA) is 40.9 Å². The molecule has 1 aliphatic carbocycles. The zero-order valence-corrected chi connectivity index (χ0v) is 9.44. The average Bonchev–Trinajstić information content (AvgIpc) is 3.13. The number of carbonyl (C=O) groups excluding carboxylic acids is 1.